The van der Waals surface area contributed by atoms with Gasteiger partial charge in [0.15, 0.2) is 0 Å². The van der Waals surface area contributed by atoms with Crippen LogP contribution in [0.25, 0.3) is 0 Å². The van der Waals surface area contributed by atoms with Gasteiger partial charge in [0.1, 0.15) is 0 Å². The molecule has 1 saturated heterocycles. The molecule has 2 N–H and O–H groups in total. The fourth-order valence-electron chi connectivity index (χ4n) is 2.43. The molecule has 0 amide bonds. The monoisotopic (exact) mass is 264 g/mol. The summed E-state index contributed by atoms with van der Waals surface area (Å²) in [4.78, 5) is 11.1. The predicted molar refractivity (Wildman–Crippen MR) is 76.4 cm³/mol. The number of anilines is 1. The maximum absolute atomic E-state index is 5.62. The minimum absolute atomic E-state index is 0.677. The molecule has 1 aliphatic heterocycles. The fraction of sp³-hybridized carbons (Fsp3) is 0.714. The zero-order chi connectivity index (χ0) is 13.5. The summed E-state index contributed by atoms with van der Waals surface area (Å²) in [6.45, 7) is 5.62. The molecule has 19 heavy (non-hydrogen) atoms. The Hall–Kier alpha value is -1.36. The van der Waals surface area contributed by atoms with Crippen LogP contribution in [0.3, 0.4) is 0 Å². The van der Waals surface area contributed by atoms with Crippen LogP contribution in [0.2, 0.25) is 0 Å². The molecule has 0 atom stereocenters. The van der Waals surface area contributed by atoms with Crippen molar-refractivity contribution in [2.45, 2.75) is 32.6 Å². The van der Waals surface area contributed by atoms with Crippen molar-refractivity contribution < 1.29 is 4.74 Å². The molecule has 1 aliphatic rings. The molecule has 106 valence electrons. The summed E-state index contributed by atoms with van der Waals surface area (Å²) in [5.74, 6) is 2.23. The molecule has 0 aliphatic carbocycles. The molecular weight excluding hydrogens is 240 g/mol. The van der Waals surface area contributed by atoms with E-state index in [4.69, 9.17) is 10.5 Å². The minimum atomic E-state index is 0.677. The van der Waals surface area contributed by atoms with Crippen molar-refractivity contribution in [3.05, 3.63) is 12.3 Å². The molecule has 2 heterocycles. The second kappa shape index (κ2) is 7.28. The van der Waals surface area contributed by atoms with Crippen LogP contribution >= 0.6 is 0 Å². The van der Waals surface area contributed by atoms with E-state index < -0.39 is 0 Å². The first-order valence-corrected chi connectivity index (χ1v) is 7.24. The van der Waals surface area contributed by atoms with Gasteiger partial charge in [0, 0.05) is 25.4 Å². The molecule has 5 nitrogen and oxygen atoms in total. The van der Waals surface area contributed by atoms with E-state index in [-0.39, 0.29) is 0 Å². The Morgan fingerprint density at radius 2 is 2.21 bits per heavy atom. The maximum atomic E-state index is 5.62. The highest BCUT2D eigenvalue weighted by atomic mass is 16.5. The highest BCUT2D eigenvalue weighted by Gasteiger charge is 2.20. The number of aromatic nitrogens is 2. The minimum Gasteiger partial charge on any atom is -0.478 e. The predicted octanol–water partition coefficient (Wildman–Crippen LogP) is 1.83. The van der Waals surface area contributed by atoms with Crippen LogP contribution in [0.1, 0.15) is 32.6 Å². The van der Waals surface area contributed by atoms with Gasteiger partial charge in [0.05, 0.1) is 6.61 Å². The van der Waals surface area contributed by atoms with E-state index >= 15 is 0 Å². The van der Waals surface area contributed by atoms with Gasteiger partial charge in [-0.1, -0.05) is 6.92 Å². The van der Waals surface area contributed by atoms with Crippen molar-refractivity contribution in [2.24, 2.45) is 11.7 Å². The number of hydrogen-bond donors (Lipinski definition) is 1. The largest absolute Gasteiger partial charge is 0.478 e. The fourth-order valence-corrected chi connectivity index (χ4v) is 2.43. The molecule has 0 bridgehead atoms. The van der Waals surface area contributed by atoms with E-state index in [1.165, 1.54) is 12.8 Å². The highest BCUT2D eigenvalue weighted by molar-refractivity contribution is 5.32. The number of rotatable bonds is 6. The molecule has 5 heteroatoms. The van der Waals surface area contributed by atoms with E-state index in [0.29, 0.717) is 12.5 Å². The molecule has 1 aromatic rings. The third kappa shape index (κ3) is 4.06. The van der Waals surface area contributed by atoms with Gasteiger partial charge in [-0.05, 0) is 38.1 Å². The van der Waals surface area contributed by atoms with Crippen LogP contribution in [0, 0.1) is 5.92 Å². The van der Waals surface area contributed by atoms with Gasteiger partial charge in [-0.3, -0.25) is 0 Å². The Kier molecular flexibility index (Phi) is 5.39. The molecule has 0 unspecified atom stereocenters. The molecule has 2 rings (SSSR count). The van der Waals surface area contributed by atoms with E-state index in [0.717, 1.165) is 44.3 Å². The smallest absolute Gasteiger partial charge is 0.228 e. The summed E-state index contributed by atoms with van der Waals surface area (Å²) in [5, 5.41) is 0. The standard InChI is InChI=1S/C14H24N4O/c1-2-11-19-13-4-8-16-14(17-13)18-9-5-12(3-7-15)6-10-18/h4,8,12H,2-3,5-7,9-11,15H2,1H3. The lowest BCUT2D eigenvalue weighted by molar-refractivity contribution is 0.304. The van der Waals surface area contributed by atoms with Gasteiger partial charge in [-0.15, -0.1) is 0 Å². The van der Waals surface area contributed by atoms with Crippen LogP contribution < -0.4 is 15.4 Å². The van der Waals surface area contributed by atoms with Crippen molar-refractivity contribution in [3.63, 3.8) is 0 Å². The quantitative estimate of drug-likeness (QED) is 0.849. The number of piperidine rings is 1. The first-order valence-electron chi connectivity index (χ1n) is 7.24. The molecule has 0 aromatic carbocycles. The second-order valence-electron chi connectivity index (χ2n) is 5.05. The van der Waals surface area contributed by atoms with Crippen molar-refractivity contribution in [3.8, 4) is 5.88 Å². The number of hydrogen-bond acceptors (Lipinski definition) is 5. The molecule has 0 saturated carbocycles. The Balaban J connectivity index is 1.91. The van der Waals surface area contributed by atoms with Gasteiger partial charge >= 0.3 is 0 Å². The summed E-state index contributed by atoms with van der Waals surface area (Å²) in [7, 11) is 0. The average Bonchev–Trinajstić information content (AvgIpc) is 2.46. The Labute approximate surface area is 115 Å². The van der Waals surface area contributed by atoms with E-state index in [1.54, 1.807) is 6.20 Å². The highest BCUT2D eigenvalue weighted by Crippen LogP contribution is 2.23. The number of ether oxygens (including phenoxy) is 1. The average molecular weight is 264 g/mol. The lowest BCUT2D eigenvalue weighted by Crippen LogP contribution is -2.35. The van der Waals surface area contributed by atoms with Gasteiger partial charge in [0.25, 0.3) is 0 Å². The van der Waals surface area contributed by atoms with Crippen molar-refractivity contribution in [2.75, 3.05) is 31.1 Å². The van der Waals surface area contributed by atoms with Crippen molar-refractivity contribution >= 4 is 5.95 Å². The van der Waals surface area contributed by atoms with Crippen LogP contribution in [-0.2, 0) is 0 Å². The zero-order valence-electron chi connectivity index (χ0n) is 11.7. The van der Waals surface area contributed by atoms with E-state index in [9.17, 15) is 0 Å². The number of nitrogens with zero attached hydrogens (tertiary/aromatic N) is 3. The van der Waals surface area contributed by atoms with E-state index in [1.807, 2.05) is 6.07 Å². The van der Waals surface area contributed by atoms with Crippen LogP contribution in [0.5, 0.6) is 5.88 Å². The summed E-state index contributed by atoms with van der Waals surface area (Å²) >= 11 is 0. The van der Waals surface area contributed by atoms with Crippen LogP contribution in [0.4, 0.5) is 5.95 Å². The van der Waals surface area contributed by atoms with Gasteiger partial charge in [-0.2, -0.15) is 4.98 Å². The summed E-state index contributed by atoms with van der Waals surface area (Å²) < 4.78 is 5.55. The lowest BCUT2D eigenvalue weighted by Gasteiger charge is -2.31. The maximum Gasteiger partial charge on any atom is 0.228 e. The summed E-state index contributed by atoms with van der Waals surface area (Å²) in [6.07, 6.45) is 6.26. The van der Waals surface area contributed by atoms with Crippen molar-refractivity contribution in [1.29, 1.82) is 0 Å². The first kappa shape index (κ1) is 14.1. The zero-order valence-corrected chi connectivity index (χ0v) is 11.7. The summed E-state index contributed by atoms with van der Waals surface area (Å²) in [5.41, 5.74) is 5.62. The second-order valence-corrected chi connectivity index (χ2v) is 5.05. The SMILES string of the molecule is CCCOc1ccnc(N2CCC(CCN)CC2)n1. The molecule has 0 radical (unpaired) electrons. The molecule has 1 fully saturated rings. The van der Waals surface area contributed by atoms with Crippen molar-refractivity contribution in [1.82, 2.24) is 9.97 Å². The molecule has 1 aromatic heterocycles. The van der Waals surface area contributed by atoms with E-state index in [2.05, 4.69) is 21.8 Å². The third-order valence-corrected chi connectivity index (χ3v) is 3.54. The number of nitrogens with two attached hydrogens (primary N) is 1. The molecule has 0 spiro atoms. The van der Waals surface area contributed by atoms with Gasteiger partial charge in [0.2, 0.25) is 11.8 Å². The van der Waals surface area contributed by atoms with Crippen LogP contribution in [0.15, 0.2) is 12.3 Å². The Morgan fingerprint density at radius 3 is 2.89 bits per heavy atom. The van der Waals surface area contributed by atoms with Gasteiger partial charge in [-0.25, -0.2) is 4.98 Å². The molecular formula is C14H24N4O. The van der Waals surface area contributed by atoms with Gasteiger partial charge < -0.3 is 15.4 Å². The normalized spacial score (nSPS) is 16.6. The lowest BCUT2D eigenvalue weighted by atomic mass is 9.94. The third-order valence-electron chi connectivity index (χ3n) is 3.54. The van der Waals surface area contributed by atoms with Crippen LogP contribution in [-0.4, -0.2) is 36.2 Å². The first-order chi connectivity index (χ1) is 9.33. The Morgan fingerprint density at radius 1 is 1.42 bits per heavy atom. The summed E-state index contributed by atoms with van der Waals surface area (Å²) in [6, 6.07) is 1.82. The topological polar surface area (TPSA) is 64.3 Å². The Bertz CT molecular complexity index is 377.